The zero-order valence-electron chi connectivity index (χ0n) is 12.6. The third-order valence-corrected chi connectivity index (χ3v) is 6.50. The molecule has 1 saturated carbocycles. The smallest absolute Gasteiger partial charge is 0.217 e. The molecule has 0 aromatic carbocycles. The van der Waals surface area contributed by atoms with Crippen LogP contribution in [-0.4, -0.2) is 51.4 Å². The molecule has 0 bridgehead atoms. The van der Waals surface area contributed by atoms with Crippen molar-refractivity contribution in [2.24, 2.45) is 0 Å². The molecule has 0 spiro atoms. The van der Waals surface area contributed by atoms with Crippen LogP contribution in [0.5, 0.6) is 0 Å². The molecule has 0 radical (unpaired) electrons. The van der Waals surface area contributed by atoms with Crippen molar-refractivity contribution >= 4 is 10.0 Å². The Hall–Kier alpha value is -0.210. The van der Waals surface area contributed by atoms with Crippen LogP contribution in [0.25, 0.3) is 0 Å². The van der Waals surface area contributed by atoms with Crippen LogP contribution in [-0.2, 0) is 24.2 Å². The van der Waals surface area contributed by atoms with E-state index in [2.05, 4.69) is 4.72 Å². The lowest BCUT2D eigenvalue weighted by atomic mass is 10.2. The van der Waals surface area contributed by atoms with Crippen molar-refractivity contribution in [3.63, 3.8) is 0 Å². The summed E-state index contributed by atoms with van der Waals surface area (Å²) >= 11 is 0. The molecular weight excluding hydrogens is 282 g/mol. The van der Waals surface area contributed by atoms with E-state index in [1.54, 1.807) is 7.11 Å². The average Bonchev–Trinajstić information content (AvgIpc) is 3.05. The third kappa shape index (κ3) is 3.33. The molecule has 1 saturated heterocycles. The monoisotopic (exact) mass is 307 g/mol. The topological polar surface area (TPSA) is 73.9 Å². The lowest BCUT2D eigenvalue weighted by Crippen LogP contribution is -2.47. The fraction of sp³-hybridized carbons (Fsp3) is 1.00. The van der Waals surface area contributed by atoms with Gasteiger partial charge in [-0.1, -0.05) is 0 Å². The minimum Gasteiger partial charge on any atom is -0.385 e. The number of nitrogens with one attached hydrogen (secondary N) is 1. The van der Waals surface area contributed by atoms with Crippen LogP contribution in [0.2, 0.25) is 0 Å². The first-order valence-corrected chi connectivity index (χ1v) is 8.52. The Kier molecular flexibility index (Phi) is 4.47. The second-order valence-corrected chi connectivity index (χ2v) is 8.31. The average molecular weight is 307 g/mol. The van der Waals surface area contributed by atoms with E-state index in [1.165, 1.54) is 0 Å². The van der Waals surface area contributed by atoms with E-state index in [4.69, 9.17) is 14.2 Å². The van der Waals surface area contributed by atoms with Gasteiger partial charge in [-0.05, 0) is 40.0 Å². The molecule has 2 rings (SSSR count). The quantitative estimate of drug-likeness (QED) is 0.760. The minimum absolute atomic E-state index is 0.252. The number of rotatable bonds is 7. The number of hydrogen-bond acceptors (Lipinski definition) is 5. The van der Waals surface area contributed by atoms with E-state index in [9.17, 15) is 8.42 Å². The van der Waals surface area contributed by atoms with Crippen LogP contribution in [0.15, 0.2) is 0 Å². The normalized spacial score (nSPS) is 29.3. The molecule has 0 aromatic rings. The largest absolute Gasteiger partial charge is 0.385 e. The summed E-state index contributed by atoms with van der Waals surface area (Å²) in [5.74, 6) is -0.641. The first kappa shape index (κ1) is 16.2. The van der Waals surface area contributed by atoms with Crippen molar-refractivity contribution in [3.05, 3.63) is 0 Å². The van der Waals surface area contributed by atoms with Gasteiger partial charge in [0, 0.05) is 19.8 Å². The summed E-state index contributed by atoms with van der Waals surface area (Å²) in [7, 11) is -1.77. The number of hydrogen-bond donors (Lipinski definition) is 1. The summed E-state index contributed by atoms with van der Waals surface area (Å²) in [6.07, 6.45) is 1.69. The molecule has 2 aliphatic rings. The molecule has 2 fully saturated rings. The Morgan fingerprint density at radius 2 is 2.05 bits per heavy atom. The number of methoxy groups -OCH3 is 1. The predicted octanol–water partition coefficient (Wildman–Crippen LogP) is 1.01. The fourth-order valence-corrected chi connectivity index (χ4v) is 4.37. The second-order valence-electron chi connectivity index (χ2n) is 6.20. The Morgan fingerprint density at radius 3 is 2.50 bits per heavy atom. The maximum Gasteiger partial charge on any atom is 0.217 e. The number of ether oxygens (including phenoxy) is 3. The van der Waals surface area contributed by atoms with Crippen LogP contribution in [0.1, 0.15) is 40.0 Å². The lowest BCUT2D eigenvalue weighted by Gasteiger charge is -2.24. The highest BCUT2D eigenvalue weighted by Gasteiger charge is 2.54. The van der Waals surface area contributed by atoms with Gasteiger partial charge < -0.3 is 14.2 Å². The molecule has 0 aromatic heterocycles. The van der Waals surface area contributed by atoms with Crippen LogP contribution in [0.4, 0.5) is 0 Å². The summed E-state index contributed by atoms with van der Waals surface area (Å²) in [5.41, 5.74) is 0. The van der Waals surface area contributed by atoms with Crippen molar-refractivity contribution < 1.29 is 22.6 Å². The maximum atomic E-state index is 12.5. The minimum atomic E-state index is -3.36. The summed E-state index contributed by atoms with van der Waals surface area (Å²) in [6, 6.07) is -0.304. The Bertz CT molecular complexity index is 444. The van der Waals surface area contributed by atoms with Gasteiger partial charge in [-0.15, -0.1) is 0 Å². The highest BCUT2D eigenvalue weighted by molar-refractivity contribution is 7.91. The summed E-state index contributed by atoms with van der Waals surface area (Å²) in [6.45, 7) is 6.34. The predicted molar refractivity (Wildman–Crippen MR) is 74.9 cm³/mol. The molecule has 0 unspecified atom stereocenters. The summed E-state index contributed by atoms with van der Waals surface area (Å²) in [5, 5.41) is 0. The maximum absolute atomic E-state index is 12.5. The van der Waals surface area contributed by atoms with E-state index >= 15 is 0 Å². The van der Waals surface area contributed by atoms with Crippen molar-refractivity contribution in [2.45, 2.75) is 62.7 Å². The zero-order valence-corrected chi connectivity index (χ0v) is 13.5. The Balaban J connectivity index is 1.95. The highest BCUT2D eigenvalue weighted by atomic mass is 32.2. The molecule has 1 aliphatic heterocycles. The van der Waals surface area contributed by atoms with Crippen molar-refractivity contribution in [1.82, 2.24) is 4.72 Å². The second kappa shape index (κ2) is 5.53. The summed E-state index contributed by atoms with van der Waals surface area (Å²) in [4.78, 5) is 0. The van der Waals surface area contributed by atoms with Gasteiger partial charge in [-0.2, -0.15) is 0 Å². The van der Waals surface area contributed by atoms with Gasteiger partial charge in [-0.25, -0.2) is 13.1 Å². The van der Waals surface area contributed by atoms with Gasteiger partial charge in [0.05, 0.1) is 11.4 Å². The molecule has 2 atom stereocenters. The van der Waals surface area contributed by atoms with Gasteiger partial charge in [0.1, 0.15) is 6.10 Å². The van der Waals surface area contributed by atoms with Crippen LogP contribution < -0.4 is 4.72 Å². The zero-order chi connectivity index (χ0) is 15.0. The van der Waals surface area contributed by atoms with E-state index in [-0.39, 0.29) is 12.1 Å². The molecule has 6 nitrogen and oxygen atoms in total. The first-order chi connectivity index (χ1) is 9.21. The number of sulfonamides is 1. The standard InChI is InChI=1S/C13H25NO5S/c1-10(11-9-18-12(2,3)19-11)14-20(15,16)13(5-6-13)7-8-17-4/h10-11,14H,5-9H2,1-4H3/t10-,11+/m0/s1. The van der Waals surface area contributed by atoms with Crippen LogP contribution in [0.3, 0.4) is 0 Å². The molecule has 7 heteroatoms. The molecule has 1 aliphatic carbocycles. The summed E-state index contributed by atoms with van der Waals surface area (Å²) < 4.78 is 43.3. The van der Waals surface area contributed by atoms with Crippen molar-refractivity contribution in [2.75, 3.05) is 20.3 Å². The Morgan fingerprint density at radius 1 is 1.40 bits per heavy atom. The van der Waals surface area contributed by atoms with Crippen molar-refractivity contribution in [3.8, 4) is 0 Å². The molecule has 1 N–H and O–H groups in total. The Labute approximate surface area is 121 Å². The first-order valence-electron chi connectivity index (χ1n) is 7.04. The highest BCUT2D eigenvalue weighted by Crippen LogP contribution is 2.46. The van der Waals surface area contributed by atoms with E-state index in [1.807, 2.05) is 20.8 Å². The molecule has 20 heavy (non-hydrogen) atoms. The van der Waals surface area contributed by atoms with E-state index < -0.39 is 20.6 Å². The van der Waals surface area contributed by atoms with E-state index in [0.717, 1.165) is 0 Å². The molecule has 1 heterocycles. The van der Waals surface area contributed by atoms with Gasteiger partial charge in [-0.3, -0.25) is 0 Å². The van der Waals surface area contributed by atoms with Gasteiger partial charge in [0.15, 0.2) is 5.79 Å². The SMILES string of the molecule is COCCC1(S(=O)(=O)N[C@@H](C)[C@H]2COC(C)(C)O2)CC1. The van der Waals surface area contributed by atoms with Crippen LogP contribution >= 0.6 is 0 Å². The fourth-order valence-electron chi connectivity index (χ4n) is 2.49. The lowest BCUT2D eigenvalue weighted by molar-refractivity contribution is -0.140. The third-order valence-electron chi connectivity index (χ3n) is 4.07. The van der Waals surface area contributed by atoms with Crippen molar-refractivity contribution in [1.29, 1.82) is 0 Å². The van der Waals surface area contributed by atoms with Gasteiger partial charge in [0.25, 0.3) is 0 Å². The van der Waals surface area contributed by atoms with Gasteiger partial charge in [0.2, 0.25) is 10.0 Å². The van der Waals surface area contributed by atoms with E-state index in [0.29, 0.717) is 32.5 Å². The molecule has 118 valence electrons. The molecule has 0 amide bonds. The van der Waals surface area contributed by atoms with Gasteiger partial charge >= 0.3 is 0 Å². The molecular formula is C13H25NO5S. The van der Waals surface area contributed by atoms with Crippen LogP contribution in [0, 0.1) is 0 Å².